The van der Waals surface area contributed by atoms with Gasteiger partial charge >= 0.3 is 0 Å². The van der Waals surface area contributed by atoms with Crippen LogP contribution in [0.2, 0.25) is 0 Å². The summed E-state index contributed by atoms with van der Waals surface area (Å²) >= 11 is 0. The van der Waals surface area contributed by atoms with Crippen LogP contribution in [0.25, 0.3) is 6.08 Å². The van der Waals surface area contributed by atoms with Crippen molar-refractivity contribution in [2.24, 2.45) is 0 Å². The summed E-state index contributed by atoms with van der Waals surface area (Å²) in [6.45, 7) is 4.80. The average Bonchev–Trinajstić information content (AvgIpc) is 2.80. The maximum absolute atomic E-state index is 12.5. The van der Waals surface area contributed by atoms with Gasteiger partial charge in [-0.05, 0) is 74.0 Å². The van der Waals surface area contributed by atoms with E-state index in [-0.39, 0.29) is 16.6 Å². The molecule has 0 aliphatic carbocycles. The minimum Gasteiger partial charge on any atom is -0.490 e. The fraction of sp³-hybridized carbons (Fsp3) is 0.167. The van der Waals surface area contributed by atoms with Crippen molar-refractivity contribution in [2.45, 2.75) is 18.7 Å². The van der Waals surface area contributed by atoms with E-state index < -0.39 is 10.0 Å². The lowest BCUT2D eigenvalue weighted by Crippen LogP contribution is -2.14. The van der Waals surface area contributed by atoms with E-state index in [1.165, 1.54) is 36.5 Å². The van der Waals surface area contributed by atoms with Crippen LogP contribution < -0.4 is 19.5 Å². The Bertz CT molecular complexity index is 1210. The van der Waals surface area contributed by atoms with E-state index in [1.807, 2.05) is 19.9 Å². The topological polar surface area (TPSA) is 107 Å². The number of nitrogens with zero attached hydrogens (tertiary/aromatic N) is 1. The maximum atomic E-state index is 12.5. The third-order valence-corrected chi connectivity index (χ3v) is 5.70. The van der Waals surface area contributed by atoms with Gasteiger partial charge in [0.1, 0.15) is 5.82 Å². The normalized spacial score (nSPS) is 11.2. The number of aromatic nitrogens is 1. The summed E-state index contributed by atoms with van der Waals surface area (Å²) in [7, 11) is -3.78. The van der Waals surface area contributed by atoms with Crippen molar-refractivity contribution in [1.82, 2.24) is 4.98 Å². The first kappa shape index (κ1) is 23.8. The van der Waals surface area contributed by atoms with Gasteiger partial charge < -0.3 is 14.8 Å². The van der Waals surface area contributed by atoms with E-state index in [9.17, 15) is 13.2 Å². The van der Waals surface area contributed by atoms with Crippen LogP contribution in [-0.2, 0) is 14.8 Å². The summed E-state index contributed by atoms with van der Waals surface area (Å²) in [6, 6.07) is 16.2. The quantitative estimate of drug-likeness (QED) is 0.430. The molecule has 3 aromatic rings. The molecule has 0 unspecified atom stereocenters. The van der Waals surface area contributed by atoms with E-state index in [0.29, 0.717) is 30.4 Å². The first-order chi connectivity index (χ1) is 15.9. The van der Waals surface area contributed by atoms with Crippen molar-refractivity contribution >= 4 is 33.5 Å². The lowest BCUT2D eigenvalue weighted by atomic mass is 10.2. The van der Waals surface area contributed by atoms with Crippen molar-refractivity contribution in [2.75, 3.05) is 23.3 Å². The minimum atomic E-state index is -3.78. The number of hydrogen-bond acceptors (Lipinski definition) is 6. The zero-order valence-electron chi connectivity index (χ0n) is 18.3. The van der Waals surface area contributed by atoms with Gasteiger partial charge in [-0.2, -0.15) is 0 Å². The smallest absolute Gasteiger partial charge is 0.263 e. The second-order valence-corrected chi connectivity index (χ2v) is 8.42. The van der Waals surface area contributed by atoms with Crippen molar-refractivity contribution in [3.05, 3.63) is 78.5 Å². The maximum Gasteiger partial charge on any atom is 0.263 e. The molecule has 9 heteroatoms. The molecule has 0 bridgehead atoms. The van der Waals surface area contributed by atoms with Crippen molar-refractivity contribution in [3.8, 4) is 11.5 Å². The Labute approximate surface area is 193 Å². The number of hydrogen-bond donors (Lipinski definition) is 2. The highest BCUT2D eigenvalue weighted by atomic mass is 32.2. The van der Waals surface area contributed by atoms with Gasteiger partial charge in [0.05, 0.1) is 18.1 Å². The molecule has 3 rings (SSSR count). The Morgan fingerprint density at radius 1 is 0.970 bits per heavy atom. The third kappa shape index (κ3) is 6.81. The molecular weight excluding hydrogens is 442 g/mol. The number of amides is 1. The van der Waals surface area contributed by atoms with E-state index in [0.717, 1.165) is 5.56 Å². The van der Waals surface area contributed by atoms with Crippen molar-refractivity contribution < 1.29 is 22.7 Å². The molecule has 2 N–H and O–H groups in total. The second-order valence-electron chi connectivity index (χ2n) is 6.74. The Balaban J connectivity index is 1.64. The van der Waals surface area contributed by atoms with Gasteiger partial charge in [0.25, 0.3) is 10.0 Å². The minimum absolute atomic E-state index is 0.0551. The fourth-order valence-corrected chi connectivity index (χ4v) is 3.87. The summed E-state index contributed by atoms with van der Waals surface area (Å²) in [4.78, 5) is 16.3. The molecule has 0 saturated heterocycles. The molecule has 0 aliphatic heterocycles. The Morgan fingerprint density at radius 2 is 1.70 bits per heavy atom. The molecule has 33 heavy (non-hydrogen) atoms. The van der Waals surface area contributed by atoms with Gasteiger partial charge in [0.2, 0.25) is 5.91 Å². The Morgan fingerprint density at radius 3 is 2.36 bits per heavy atom. The predicted octanol–water partition coefficient (Wildman–Crippen LogP) is 4.33. The number of nitrogens with one attached hydrogen (secondary N) is 2. The number of sulfonamides is 1. The van der Waals surface area contributed by atoms with Crippen LogP contribution >= 0.6 is 0 Å². The number of pyridine rings is 1. The van der Waals surface area contributed by atoms with Crippen molar-refractivity contribution in [1.29, 1.82) is 0 Å². The Hall–Kier alpha value is -3.85. The lowest BCUT2D eigenvalue weighted by molar-refractivity contribution is -0.111. The average molecular weight is 468 g/mol. The summed E-state index contributed by atoms with van der Waals surface area (Å²) < 4.78 is 38.5. The molecule has 0 spiro atoms. The van der Waals surface area contributed by atoms with Crippen LogP contribution in [0.1, 0.15) is 19.4 Å². The number of rotatable bonds is 10. The fourth-order valence-electron chi connectivity index (χ4n) is 2.86. The Kier molecular flexibility index (Phi) is 8.04. The highest BCUT2D eigenvalue weighted by Gasteiger charge is 2.14. The molecule has 0 fully saturated rings. The molecule has 0 atom stereocenters. The van der Waals surface area contributed by atoms with Crippen LogP contribution in [0.3, 0.4) is 0 Å². The van der Waals surface area contributed by atoms with Gasteiger partial charge in [-0.1, -0.05) is 12.1 Å². The van der Waals surface area contributed by atoms with Gasteiger partial charge in [-0.15, -0.1) is 0 Å². The van der Waals surface area contributed by atoms with Gasteiger partial charge in [-0.25, -0.2) is 13.4 Å². The van der Waals surface area contributed by atoms with E-state index in [4.69, 9.17) is 9.47 Å². The molecule has 0 aliphatic rings. The standard InChI is InChI=1S/C24H25N3O5S/c1-3-31-21-14-8-18(17-22(21)32-4-2)9-15-24(28)26-19-10-12-20(13-11-19)33(29,30)27-23-7-5-6-16-25-23/h5-17H,3-4H2,1-2H3,(H,25,27)(H,26,28)/b15-9+. The van der Waals surface area contributed by atoms with Gasteiger partial charge in [-0.3, -0.25) is 9.52 Å². The predicted molar refractivity (Wildman–Crippen MR) is 128 cm³/mol. The molecule has 1 aromatic heterocycles. The first-order valence-corrected chi connectivity index (χ1v) is 11.8. The monoisotopic (exact) mass is 467 g/mol. The number of anilines is 2. The molecular formula is C24H25N3O5S. The van der Waals surface area contributed by atoms with Crippen molar-refractivity contribution in [3.63, 3.8) is 0 Å². The number of carbonyl (C=O) groups is 1. The number of ether oxygens (including phenoxy) is 2. The molecule has 172 valence electrons. The molecule has 8 nitrogen and oxygen atoms in total. The van der Waals surface area contributed by atoms with Crippen LogP contribution in [0.4, 0.5) is 11.5 Å². The largest absolute Gasteiger partial charge is 0.490 e. The van der Waals surface area contributed by atoms with Crippen LogP contribution in [0, 0.1) is 0 Å². The van der Waals surface area contributed by atoms with Crippen LogP contribution in [0.15, 0.2) is 77.8 Å². The molecule has 1 amide bonds. The summed E-state index contributed by atoms with van der Waals surface area (Å²) in [5.74, 6) is 1.12. The van der Waals surface area contributed by atoms with Gasteiger partial charge in [0.15, 0.2) is 11.5 Å². The SMILES string of the molecule is CCOc1ccc(/C=C/C(=O)Nc2ccc(S(=O)(=O)Nc3ccccn3)cc2)cc1OCC. The lowest BCUT2D eigenvalue weighted by Gasteiger charge is -2.11. The molecule has 0 saturated carbocycles. The first-order valence-electron chi connectivity index (χ1n) is 10.3. The van der Waals surface area contributed by atoms with E-state index >= 15 is 0 Å². The molecule has 2 aromatic carbocycles. The number of carbonyl (C=O) groups excluding carboxylic acids is 1. The van der Waals surface area contributed by atoms with Gasteiger partial charge in [0, 0.05) is 18.0 Å². The summed E-state index contributed by atoms with van der Waals surface area (Å²) in [6.07, 6.45) is 4.54. The number of benzene rings is 2. The molecule has 1 heterocycles. The zero-order chi connectivity index (χ0) is 23.7. The second kappa shape index (κ2) is 11.1. The van der Waals surface area contributed by atoms with Crippen LogP contribution in [-0.4, -0.2) is 32.5 Å². The van der Waals surface area contributed by atoms with E-state index in [2.05, 4.69) is 15.0 Å². The zero-order valence-corrected chi connectivity index (χ0v) is 19.1. The highest BCUT2D eigenvalue weighted by molar-refractivity contribution is 7.92. The highest BCUT2D eigenvalue weighted by Crippen LogP contribution is 2.29. The summed E-state index contributed by atoms with van der Waals surface area (Å²) in [5, 5.41) is 2.70. The van der Waals surface area contributed by atoms with E-state index in [1.54, 1.807) is 36.4 Å². The molecule has 0 radical (unpaired) electrons. The van der Waals surface area contributed by atoms with Crippen LogP contribution in [0.5, 0.6) is 11.5 Å². The summed E-state index contributed by atoms with van der Waals surface area (Å²) in [5.41, 5.74) is 1.24. The third-order valence-electron chi connectivity index (χ3n) is 4.33.